The van der Waals surface area contributed by atoms with Gasteiger partial charge in [0.2, 0.25) is 0 Å². The minimum Gasteiger partial charge on any atom is -0.444 e. The number of carbonyl (C=O) groups is 1. The Morgan fingerprint density at radius 3 is 2.52 bits per heavy atom. The van der Waals surface area contributed by atoms with E-state index in [1.807, 2.05) is 25.7 Å². The van der Waals surface area contributed by atoms with Crippen molar-refractivity contribution in [3.63, 3.8) is 0 Å². The van der Waals surface area contributed by atoms with Crippen molar-refractivity contribution in [3.8, 4) is 0 Å². The third kappa shape index (κ3) is 8.56. The van der Waals surface area contributed by atoms with Crippen molar-refractivity contribution in [1.82, 2.24) is 15.1 Å². The molecule has 0 aliphatic carbocycles. The van der Waals surface area contributed by atoms with E-state index in [1.165, 1.54) is 6.42 Å². The molecule has 1 rings (SSSR count). The van der Waals surface area contributed by atoms with Crippen molar-refractivity contribution < 1.29 is 9.53 Å². The molecule has 0 aromatic rings. The Labute approximate surface area is 142 Å². The van der Waals surface area contributed by atoms with Crippen LogP contribution in [-0.4, -0.2) is 66.8 Å². The maximum atomic E-state index is 12.2. The van der Waals surface area contributed by atoms with Gasteiger partial charge in [-0.15, -0.1) is 0 Å². The highest BCUT2D eigenvalue weighted by molar-refractivity contribution is 5.68. The first-order chi connectivity index (χ1) is 10.9. The van der Waals surface area contributed by atoms with Crippen LogP contribution in [0.15, 0.2) is 0 Å². The lowest BCUT2D eigenvalue weighted by molar-refractivity contribution is 0.0256. The number of carbonyl (C=O) groups excluding carboxylic acids is 1. The molecular weight excluding hydrogens is 290 g/mol. The van der Waals surface area contributed by atoms with Crippen LogP contribution in [-0.2, 0) is 4.74 Å². The fourth-order valence-electron chi connectivity index (χ4n) is 2.96. The van der Waals surface area contributed by atoms with E-state index in [1.54, 1.807) is 0 Å². The Hall–Kier alpha value is -0.810. The predicted molar refractivity (Wildman–Crippen MR) is 95.9 cm³/mol. The number of amides is 1. The Kier molecular flexibility index (Phi) is 8.92. The van der Waals surface area contributed by atoms with Gasteiger partial charge >= 0.3 is 6.09 Å². The van der Waals surface area contributed by atoms with Crippen molar-refractivity contribution in [2.75, 3.05) is 39.3 Å². The number of nitrogens with one attached hydrogen (secondary N) is 1. The summed E-state index contributed by atoms with van der Waals surface area (Å²) < 4.78 is 5.48. The van der Waals surface area contributed by atoms with Gasteiger partial charge in [-0.05, 0) is 72.6 Å². The van der Waals surface area contributed by atoms with E-state index < -0.39 is 5.60 Å². The summed E-state index contributed by atoms with van der Waals surface area (Å²) >= 11 is 0. The van der Waals surface area contributed by atoms with Crippen LogP contribution >= 0.6 is 0 Å². The summed E-state index contributed by atoms with van der Waals surface area (Å²) in [5.41, 5.74) is -0.411. The number of rotatable bonds is 7. The SMILES string of the molecule is CCN(CC)CCCNC1CCCN(C(=O)OC(C)(C)C)CC1. The number of hydrogen-bond donors (Lipinski definition) is 1. The number of nitrogens with zero attached hydrogens (tertiary/aromatic N) is 2. The Balaban J connectivity index is 2.26. The van der Waals surface area contributed by atoms with E-state index in [9.17, 15) is 4.79 Å². The van der Waals surface area contributed by atoms with Crippen LogP contribution in [0.2, 0.25) is 0 Å². The number of hydrogen-bond acceptors (Lipinski definition) is 4. The molecule has 0 bridgehead atoms. The van der Waals surface area contributed by atoms with Gasteiger partial charge in [-0.3, -0.25) is 0 Å². The third-order valence-electron chi connectivity index (χ3n) is 4.36. The molecule has 1 aliphatic rings. The molecule has 23 heavy (non-hydrogen) atoms. The average molecular weight is 328 g/mol. The highest BCUT2D eigenvalue weighted by Crippen LogP contribution is 2.15. The molecule has 5 nitrogen and oxygen atoms in total. The Bertz CT molecular complexity index is 338. The maximum absolute atomic E-state index is 12.2. The van der Waals surface area contributed by atoms with Gasteiger partial charge < -0.3 is 19.9 Å². The standard InChI is InChI=1S/C18H37N3O2/c1-6-20(7-2)13-9-12-19-16-10-8-14-21(15-11-16)17(22)23-18(3,4)5/h16,19H,6-15H2,1-5H3. The third-order valence-corrected chi connectivity index (χ3v) is 4.36. The Morgan fingerprint density at radius 2 is 1.91 bits per heavy atom. The fourth-order valence-corrected chi connectivity index (χ4v) is 2.96. The molecule has 0 aromatic carbocycles. The molecule has 1 amide bonds. The van der Waals surface area contributed by atoms with E-state index in [4.69, 9.17) is 4.74 Å². The molecule has 0 spiro atoms. The first-order valence-corrected chi connectivity index (χ1v) is 9.29. The molecular formula is C18H37N3O2. The highest BCUT2D eigenvalue weighted by atomic mass is 16.6. The van der Waals surface area contributed by atoms with Crippen molar-refractivity contribution in [1.29, 1.82) is 0 Å². The molecule has 1 aliphatic heterocycles. The van der Waals surface area contributed by atoms with Gasteiger partial charge in [0.05, 0.1) is 0 Å². The molecule has 0 saturated carbocycles. The summed E-state index contributed by atoms with van der Waals surface area (Å²) in [7, 11) is 0. The minimum absolute atomic E-state index is 0.167. The first kappa shape index (κ1) is 20.2. The molecule has 1 N–H and O–H groups in total. The van der Waals surface area contributed by atoms with E-state index in [0.717, 1.165) is 58.5 Å². The van der Waals surface area contributed by atoms with Gasteiger partial charge in [-0.2, -0.15) is 0 Å². The van der Waals surface area contributed by atoms with Gasteiger partial charge in [-0.1, -0.05) is 13.8 Å². The molecule has 5 heteroatoms. The van der Waals surface area contributed by atoms with Crippen LogP contribution in [0.25, 0.3) is 0 Å². The van der Waals surface area contributed by atoms with Gasteiger partial charge in [-0.25, -0.2) is 4.79 Å². The van der Waals surface area contributed by atoms with Gasteiger partial charge in [0, 0.05) is 19.1 Å². The van der Waals surface area contributed by atoms with E-state index in [2.05, 4.69) is 24.1 Å². The number of likely N-dealkylation sites (tertiary alicyclic amines) is 1. The van der Waals surface area contributed by atoms with Gasteiger partial charge in [0.15, 0.2) is 0 Å². The zero-order chi connectivity index (χ0) is 17.3. The highest BCUT2D eigenvalue weighted by Gasteiger charge is 2.24. The summed E-state index contributed by atoms with van der Waals surface area (Å²) in [5.74, 6) is 0. The topological polar surface area (TPSA) is 44.8 Å². The smallest absolute Gasteiger partial charge is 0.410 e. The van der Waals surface area contributed by atoms with Crippen molar-refractivity contribution in [2.24, 2.45) is 0 Å². The largest absolute Gasteiger partial charge is 0.444 e. The minimum atomic E-state index is -0.411. The zero-order valence-corrected chi connectivity index (χ0v) is 15.9. The zero-order valence-electron chi connectivity index (χ0n) is 15.9. The second-order valence-corrected chi connectivity index (χ2v) is 7.43. The van der Waals surface area contributed by atoms with Crippen LogP contribution in [0, 0.1) is 0 Å². The normalized spacial score (nSPS) is 19.7. The van der Waals surface area contributed by atoms with Gasteiger partial charge in [0.25, 0.3) is 0 Å². The Morgan fingerprint density at radius 1 is 1.22 bits per heavy atom. The molecule has 136 valence electrons. The lowest BCUT2D eigenvalue weighted by atomic mass is 10.1. The molecule has 1 fully saturated rings. The van der Waals surface area contributed by atoms with Crippen LogP contribution in [0.4, 0.5) is 4.79 Å². The van der Waals surface area contributed by atoms with Crippen molar-refractivity contribution in [2.45, 2.75) is 71.9 Å². The molecule has 1 heterocycles. The van der Waals surface area contributed by atoms with Crippen LogP contribution < -0.4 is 5.32 Å². The number of ether oxygens (including phenoxy) is 1. The lowest BCUT2D eigenvalue weighted by Gasteiger charge is -2.26. The second kappa shape index (κ2) is 10.1. The average Bonchev–Trinajstić information content (AvgIpc) is 2.71. The van der Waals surface area contributed by atoms with E-state index >= 15 is 0 Å². The molecule has 0 radical (unpaired) electrons. The van der Waals surface area contributed by atoms with Crippen molar-refractivity contribution >= 4 is 6.09 Å². The molecule has 1 atom stereocenters. The summed E-state index contributed by atoms with van der Waals surface area (Å²) in [6.45, 7) is 16.3. The lowest BCUT2D eigenvalue weighted by Crippen LogP contribution is -2.38. The predicted octanol–water partition coefficient (Wildman–Crippen LogP) is 3.10. The summed E-state index contributed by atoms with van der Waals surface area (Å²) in [5, 5.41) is 3.67. The van der Waals surface area contributed by atoms with Crippen molar-refractivity contribution in [3.05, 3.63) is 0 Å². The summed E-state index contributed by atoms with van der Waals surface area (Å²) in [6, 6.07) is 0.527. The second-order valence-electron chi connectivity index (χ2n) is 7.43. The van der Waals surface area contributed by atoms with Crippen LogP contribution in [0.3, 0.4) is 0 Å². The molecule has 1 saturated heterocycles. The van der Waals surface area contributed by atoms with Crippen LogP contribution in [0.5, 0.6) is 0 Å². The van der Waals surface area contributed by atoms with E-state index in [-0.39, 0.29) is 6.09 Å². The van der Waals surface area contributed by atoms with Crippen LogP contribution in [0.1, 0.15) is 60.3 Å². The van der Waals surface area contributed by atoms with E-state index in [0.29, 0.717) is 6.04 Å². The summed E-state index contributed by atoms with van der Waals surface area (Å²) in [4.78, 5) is 16.5. The first-order valence-electron chi connectivity index (χ1n) is 9.29. The maximum Gasteiger partial charge on any atom is 0.410 e. The van der Waals surface area contributed by atoms with Gasteiger partial charge in [0.1, 0.15) is 5.60 Å². The molecule has 0 aromatic heterocycles. The fraction of sp³-hybridized carbons (Fsp3) is 0.944. The summed E-state index contributed by atoms with van der Waals surface area (Å²) in [6.07, 6.45) is 4.23. The quantitative estimate of drug-likeness (QED) is 0.730. The molecule has 1 unspecified atom stereocenters. The monoisotopic (exact) mass is 327 g/mol.